The molecule has 0 spiro atoms. The minimum absolute atomic E-state index is 0.551. The molecule has 2 heterocycles. The maximum absolute atomic E-state index is 3.21. The van der Waals surface area contributed by atoms with Crippen molar-refractivity contribution in [1.82, 2.24) is 9.80 Å². The molecular formula is C49H60N2. The van der Waals surface area contributed by atoms with E-state index in [2.05, 4.69) is 132 Å². The second-order valence-corrected chi connectivity index (χ2v) is 18.1. The van der Waals surface area contributed by atoms with E-state index in [4.69, 9.17) is 0 Å². The van der Waals surface area contributed by atoms with E-state index >= 15 is 0 Å². The van der Waals surface area contributed by atoms with Gasteiger partial charge in [-0.25, -0.2) is 0 Å². The van der Waals surface area contributed by atoms with E-state index in [0.29, 0.717) is 65.7 Å². The second kappa shape index (κ2) is 13.7. The van der Waals surface area contributed by atoms with Gasteiger partial charge in [-0.05, 0) is 129 Å². The highest BCUT2D eigenvalue weighted by atomic mass is 15.3. The van der Waals surface area contributed by atoms with Gasteiger partial charge in [0.2, 0.25) is 0 Å². The molecule has 2 heteroatoms. The number of hydrogen-bond acceptors (Lipinski definition) is 2. The molecule has 12 unspecified atom stereocenters. The Bertz CT molecular complexity index is 1680. The maximum Gasteiger partial charge on any atom is 0.0511 e. The lowest BCUT2D eigenvalue weighted by atomic mass is 9.64. The SMILES string of the molecule is C[C@H]1C=C(N2C3CCC=CC3[C@@H]3CC(C4CCCC5C6C=CC=CC6N(C6CC(C7=CCCC=C7)CC(c7ccccc7)C6)C45)C=CC32)C=CC1. The normalized spacial score (nSPS) is 44.1. The van der Waals surface area contributed by atoms with Crippen LogP contribution in [0.3, 0.4) is 0 Å². The lowest BCUT2D eigenvalue weighted by Crippen LogP contribution is -2.53. The second-order valence-electron chi connectivity index (χ2n) is 18.1. The van der Waals surface area contributed by atoms with E-state index in [1.165, 1.54) is 82.7 Å². The number of benzene rings is 1. The molecule has 7 aliphatic carbocycles. The fraction of sp³-hybridized carbons (Fsp3) is 0.551. The molecule has 0 N–H and O–H groups in total. The van der Waals surface area contributed by atoms with Crippen LogP contribution in [0.15, 0.2) is 127 Å². The van der Waals surface area contributed by atoms with Crippen molar-refractivity contribution in [2.24, 2.45) is 47.3 Å². The third-order valence-corrected chi connectivity index (χ3v) is 15.4. The molecule has 2 saturated heterocycles. The number of nitrogens with zero attached hydrogens (tertiary/aromatic N) is 2. The van der Waals surface area contributed by atoms with Crippen molar-refractivity contribution in [1.29, 1.82) is 0 Å². The number of rotatable bonds is 5. The number of likely N-dealkylation sites (tertiary alicyclic amines) is 2. The molecule has 2 nitrogen and oxygen atoms in total. The summed E-state index contributed by atoms with van der Waals surface area (Å²) in [6.07, 6.45) is 51.5. The van der Waals surface area contributed by atoms with Gasteiger partial charge in [-0.1, -0.05) is 123 Å². The van der Waals surface area contributed by atoms with Crippen molar-refractivity contribution in [3.05, 3.63) is 132 Å². The Morgan fingerprint density at radius 1 is 0.667 bits per heavy atom. The van der Waals surface area contributed by atoms with E-state index in [1.807, 2.05) is 0 Å². The van der Waals surface area contributed by atoms with Gasteiger partial charge in [-0.2, -0.15) is 0 Å². The largest absolute Gasteiger partial charge is 0.361 e. The van der Waals surface area contributed by atoms with Crippen molar-refractivity contribution >= 4 is 0 Å². The molecule has 0 amide bonds. The highest BCUT2D eigenvalue weighted by Crippen LogP contribution is 2.57. The van der Waals surface area contributed by atoms with Crippen LogP contribution in [0.4, 0.5) is 0 Å². The first-order valence-corrected chi connectivity index (χ1v) is 21.3. The molecule has 1 aromatic rings. The quantitative estimate of drug-likeness (QED) is 0.286. The monoisotopic (exact) mass is 676 g/mol. The summed E-state index contributed by atoms with van der Waals surface area (Å²) >= 11 is 0. The summed E-state index contributed by atoms with van der Waals surface area (Å²) < 4.78 is 0. The van der Waals surface area contributed by atoms with Crippen LogP contribution in [0, 0.1) is 47.3 Å². The molecule has 51 heavy (non-hydrogen) atoms. The average Bonchev–Trinajstić information content (AvgIpc) is 3.71. The summed E-state index contributed by atoms with van der Waals surface area (Å²) in [4.78, 5) is 6.10. The lowest BCUT2D eigenvalue weighted by molar-refractivity contribution is 0.0206. The summed E-state index contributed by atoms with van der Waals surface area (Å²) in [6, 6.07) is 14.7. The average molecular weight is 677 g/mol. The Morgan fingerprint density at radius 2 is 1.55 bits per heavy atom. The van der Waals surface area contributed by atoms with Gasteiger partial charge < -0.3 is 4.90 Å². The van der Waals surface area contributed by atoms with E-state index < -0.39 is 0 Å². The summed E-state index contributed by atoms with van der Waals surface area (Å²) in [5.74, 6) is 6.27. The number of fused-ring (bicyclic) bond motifs is 6. The topological polar surface area (TPSA) is 6.48 Å². The molecule has 10 rings (SSSR count). The van der Waals surface area contributed by atoms with Crippen LogP contribution in [0.25, 0.3) is 0 Å². The molecule has 2 saturated carbocycles. The molecule has 14 atom stereocenters. The van der Waals surface area contributed by atoms with Crippen LogP contribution in [0.2, 0.25) is 0 Å². The molecule has 0 radical (unpaired) electrons. The Kier molecular flexibility index (Phi) is 8.75. The van der Waals surface area contributed by atoms with Gasteiger partial charge in [0, 0.05) is 41.7 Å². The smallest absolute Gasteiger partial charge is 0.0511 e. The zero-order chi connectivity index (χ0) is 33.9. The molecule has 266 valence electrons. The van der Waals surface area contributed by atoms with E-state index in [-0.39, 0.29) is 0 Å². The van der Waals surface area contributed by atoms with E-state index in [1.54, 1.807) is 11.1 Å². The third kappa shape index (κ3) is 5.78. The van der Waals surface area contributed by atoms with Gasteiger partial charge in [0.15, 0.2) is 0 Å². The summed E-state index contributed by atoms with van der Waals surface area (Å²) in [7, 11) is 0. The van der Waals surface area contributed by atoms with Gasteiger partial charge in [0.25, 0.3) is 0 Å². The minimum Gasteiger partial charge on any atom is -0.361 e. The molecule has 9 aliphatic rings. The first kappa shape index (κ1) is 32.5. The van der Waals surface area contributed by atoms with E-state index in [9.17, 15) is 0 Å². The van der Waals surface area contributed by atoms with Gasteiger partial charge in [0.1, 0.15) is 0 Å². The first-order valence-electron chi connectivity index (χ1n) is 21.3. The minimum atomic E-state index is 0.551. The van der Waals surface area contributed by atoms with Gasteiger partial charge in [-0.15, -0.1) is 0 Å². The van der Waals surface area contributed by atoms with Crippen molar-refractivity contribution in [3.8, 4) is 0 Å². The van der Waals surface area contributed by atoms with Crippen LogP contribution in [0.5, 0.6) is 0 Å². The van der Waals surface area contributed by atoms with Crippen molar-refractivity contribution in [2.45, 2.75) is 120 Å². The fourth-order valence-corrected chi connectivity index (χ4v) is 13.4. The molecule has 0 bridgehead atoms. The zero-order valence-electron chi connectivity index (χ0n) is 30.9. The highest BCUT2D eigenvalue weighted by Gasteiger charge is 2.57. The van der Waals surface area contributed by atoms with Crippen molar-refractivity contribution in [2.75, 3.05) is 0 Å². The third-order valence-electron chi connectivity index (χ3n) is 15.4. The van der Waals surface area contributed by atoms with Crippen molar-refractivity contribution < 1.29 is 0 Å². The summed E-state index contributed by atoms with van der Waals surface area (Å²) in [5.41, 5.74) is 4.72. The zero-order valence-corrected chi connectivity index (χ0v) is 30.9. The maximum atomic E-state index is 3.21. The predicted molar refractivity (Wildman–Crippen MR) is 212 cm³/mol. The fourth-order valence-electron chi connectivity index (χ4n) is 13.4. The van der Waals surface area contributed by atoms with Gasteiger partial charge in [-0.3, -0.25) is 4.90 Å². The van der Waals surface area contributed by atoms with Gasteiger partial charge >= 0.3 is 0 Å². The molecule has 0 aromatic heterocycles. The van der Waals surface area contributed by atoms with Crippen LogP contribution in [-0.4, -0.2) is 40.0 Å². The van der Waals surface area contributed by atoms with Crippen LogP contribution in [0.1, 0.15) is 95.5 Å². The molecule has 1 aromatic carbocycles. The van der Waals surface area contributed by atoms with Gasteiger partial charge in [0.05, 0.1) is 6.04 Å². The number of allylic oxidation sites excluding steroid dienone is 11. The van der Waals surface area contributed by atoms with Crippen LogP contribution in [-0.2, 0) is 0 Å². The number of hydrogen-bond donors (Lipinski definition) is 0. The summed E-state index contributed by atoms with van der Waals surface area (Å²) in [5, 5.41) is 0. The van der Waals surface area contributed by atoms with E-state index in [0.717, 1.165) is 17.8 Å². The molecular weight excluding hydrogens is 617 g/mol. The highest BCUT2D eigenvalue weighted by molar-refractivity contribution is 5.33. The lowest BCUT2D eigenvalue weighted by Gasteiger charge is -2.50. The van der Waals surface area contributed by atoms with Crippen LogP contribution < -0.4 is 0 Å². The Labute approximate surface area is 308 Å². The Hall–Kier alpha value is -3.10. The van der Waals surface area contributed by atoms with Crippen molar-refractivity contribution in [3.63, 3.8) is 0 Å². The standard InChI is InChI=1S/C49H60N2/c1-33-14-12-19-39(28-33)50-46-24-10-9-21-43(46)45-32-36(26-27-48(45)50)41-22-13-23-44-42-20-8-11-25-47(42)51(49(41)44)40-30-37(34-15-4-2-5-16-34)29-38(31-40)35-17-6-3-7-18-35/h2,4-6,8-9,11-12,15-21,25-28,33,36-38,40-49H,3,7,10,13-14,22-24,29-32H2,1H3/t33-,36?,37?,38?,40?,41?,42?,43?,44?,45+,46?,47?,48?,49?/m1/s1. The van der Waals surface area contributed by atoms with Crippen LogP contribution >= 0.6 is 0 Å². The summed E-state index contributed by atoms with van der Waals surface area (Å²) in [6.45, 7) is 2.40. The Balaban J connectivity index is 0.992. The Morgan fingerprint density at radius 3 is 2.43 bits per heavy atom. The molecule has 2 aliphatic heterocycles. The first-order chi connectivity index (χ1) is 25.2. The predicted octanol–water partition coefficient (Wildman–Crippen LogP) is 11.1. The molecule has 4 fully saturated rings.